The lowest BCUT2D eigenvalue weighted by Gasteiger charge is -2.13. The van der Waals surface area contributed by atoms with Crippen molar-refractivity contribution in [1.82, 2.24) is 14.8 Å². The molecule has 0 aliphatic carbocycles. The third-order valence-electron chi connectivity index (χ3n) is 2.58. The van der Waals surface area contributed by atoms with Gasteiger partial charge in [0.2, 0.25) is 0 Å². The van der Waals surface area contributed by atoms with E-state index in [9.17, 15) is 0 Å². The summed E-state index contributed by atoms with van der Waals surface area (Å²) in [7, 11) is 0. The third-order valence-corrected chi connectivity index (χ3v) is 3.23. The molecule has 2 N–H and O–H groups in total. The van der Waals surface area contributed by atoms with Crippen LogP contribution in [0.15, 0.2) is 27.7 Å². The Kier molecular flexibility index (Phi) is 3.63. The van der Waals surface area contributed by atoms with E-state index in [4.69, 9.17) is 10.2 Å². The van der Waals surface area contributed by atoms with E-state index >= 15 is 0 Å². The highest BCUT2D eigenvalue weighted by Gasteiger charge is 2.17. The Balaban J connectivity index is 2.16. The molecule has 0 amide bonds. The number of rotatable bonds is 4. The lowest BCUT2D eigenvalue weighted by molar-refractivity contribution is 0.489. The Morgan fingerprint density at radius 1 is 1.53 bits per heavy atom. The van der Waals surface area contributed by atoms with Gasteiger partial charge < -0.3 is 10.2 Å². The van der Waals surface area contributed by atoms with Crippen molar-refractivity contribution >= 4 is 15.9 Å². The zero-order valence-electron chi connectivity index (χ0n) is 9.80. The number of halogens is 1. The Hall–Kier alpha value is -1.14. The molecule has 2 aromatic heterocycles. The maximum Gasteiger partial charge on any atom is 0.173 e. The fourth-order valence-electron chi connectivity index (χ4n) is 1.73. The largest absolute Gasteiger partial charge is 0.457 e. The maximum absolute atomic E-state index is 6.13. The van der Waals surface area contributed by atoms with Gasteiger partial charge in [-0.05, 0) is 35.8 Å². The standard InChI is InChI=1S/C11H15BrN4O/c1-7(2)16-10(14-6-15-16)5-9(13)8-3-4-17-11(8)12/h3-4,6-7,9H,5,13H2,1-2H3. The Bertz CT molecular complexity index is 491. The topological polar surface area (TPSA) is 69.9 Å². The van der Waals surface area contributed by atoms with Gasteiger partial charge in [0.1, 0.15) is 12.2 Å². The summed E-state index contributed by atoms with van der Waals surface area (Å²) in [5.41, 5.74) is 7.08. The fraction of sp³-hybridized carbons (Fsp3) is 0.455. The van der Waals surface area contributed by atoms with Gasteiger partial charge in [-0.2, -0.15) is 5.10 Å². The van der Waals surface area contributed by atoms with Crippen LogP contribution in [0.2, 0.25) is 0 Å². The molecule has 0 spiro atoms. The number of aromatic nitrogens is 3. The summed E-state index contributed by atoms with van der Waals surface area (Å²) in [5, 5.41) is 4.19. The molecular formula is C11H15BrN4O. The van der Waals surface area contributed by atoms with Gasteiger partial charge in [0.15, 0.2) is 4.67 Å². The molecule has 0 fully saturated rings. The van der Waals surface area contributed by atoms with Crippen molar-refractivity contribution in [1.29, 1.82) is 0 Å². The Morgan fingerprint density at radius 3 is 2.88 bits per heavy atom. The molecule has 2 heterocycles. The van der Waals surface area contributed by atoms with Crippen LogP contribution < -0.4 is 5.73 Å². The van der Waals surface area contributed by atoms with Gasteiger partial charge in [-0.3, -0.25) is 0 Å². The Labute approximate surface area is 108 Å². The molecule has 6 heteroatoms. The summed E-state index contributed by atoms with van der Waals surface area (Å²) in [4.78, 5) is 4.24. The summed E-state index contributed by atoms with van der Waals surface area (Å²) in [6.45, 7) is 4.13. The molecule has 0 radical (unpaired) electrons. The van der Waals surface area contributed by atoms with Crippen molar-refractivity contribution in [3.05, 3.63) is 34.7 Å². The normalized spacial score (nSPS) is 13.2. The van der Waals surface area contributed by atoms with E-state index in [0.717, 1.165) is 11.4 Å². The molecule has 1 atom stereocenters. The van der Waals surface area contributed by atoms with Gasteiger partial charge in [0.25, 0.3) is 0 Å². The van der Waals surface area contributed by atoms with E-state index in [1.165, 1.54) is 0 Å². The van der Waals surface area contributed by atoms with Crippen molar-refractivity contribution in [3.63, 3.8) is 0 Å². The first-order valence-corrected chi connectivity index (χ1v) is 6.25. The van der Waals surface area contributed by atoms with Crippen molar-refractivity contribution in [3.8, 4) is 0 Å². The van der Waals surface area contributed by atoms with E-state index in [0.29, 0.717) is 11.1 Å². The number of furan rings is 1. The molecule has 0 aliphatic heterocycles. The van der Waals surface area contributed by atoms with Gasteiger partial charge in [-0.1, -0.05) is 0 Å². The van der Waals surface area contributed by atoms with Crippen LogP contribution >= 0.6 is 15.9 Å². The molecule has 0 saturated heterocycles. The number of hydrogen-bond acceptors (Lipinski definition) is 4. The summed E-state index contributed by atoms with van der Waals surface area (Å²) < 4.78 is 7.74. The predicted molar refractivity (Wildman–Crippen MR) is 67.4 cm³/mol. The average molecular weight is 299 g/mol. The third kappa shape index (κ3) is 2.58. The molecule has 2 aromatic rings. The first kappa shape index (κ1) is 12.3. The predicted octanol–water partition coefficient (Wildman–Crippen LogP) is 2.46. The fourth-order valence-corrected chi connectivity index (χ4v) is 2.26. The van der Waals surface area contributed by atoms with Crippen LogP contribution in [0.5, 0.6) is 0 Å². The van der Waals surface area contributed by atoms with Crippen LogP contribution in [0.25, 0.3) is 0 Å². The minimum Gasteiger partial charge on any atom is -0.457 e. The van der Waals surface area contributed by atoms with Crippen molar-refractivity contribution in [2.45, 2.75) is 32.4 Å². The van der Waals surface area contributed by atoms with E-state index in [1.54, 1.807) is 12.6 Å². The SMILES string of the molecule is CC(C)n1ncnc1CC(N)c1ccoc1Br. The molecule has 17 heavy (non-hydrogen) atoms. The first-order valence-electron chi connectivity index (χ1n) is 5.46. The first-order chi connectivity index (χ1) is 8.09. The van der Waals surface area contributed by atoms with Crippen LogP contribution in [0.1, 0.15) is 37.3 Å². The van der Waals surface area contributed by atoms with Crippen molar-refractivity contribution in [2.24, 2.45) is 5.73 Å². The average Bonchev–Trinajstić information content (AvgIpc) is 2.86. The molecular weight excluding hydrogens is 284 g/mol. The minimum atomic E-state index is -0.148. The van der Waals surface area contributed by atoms with Crippen LogP contribution in [0, 0.1) is 0 Å². The summed E-state index contributed by atoms with van der Waals surface area (Å²) in [5.74, 6) is 0.889. The van der Waals surface area contributed by atoms with Crippen LogP contribution in [-0.4, -0.2) is 14.8 Å². The zero-order valence-corrected chi connectivity index (χ0v) is 11.4. The summed E-state index contributed by atoms with van der Waals surface area (Å²) in [6.07, 6.45) is 3.81. The second-order valence-corrected chi connectivity index (χ2v) is 4.90. The van der Waals surface area contributed by atoms with Crippen LogP contribution in [0.3, 0.4) is 0 Å². The maximum atomic E-state index is 6.13. The highest BCUT2D eigenvalue weighted by Crippen LogP contribution is 2.25. The number of nitrogens with zero attached hydrogens (tertiary/aromatic N) is 3. The van der Waals surface area contributed by atoms with E-state index in [2.05, 4.69) is 39.9 Å². The van der Waals surface area contributed by atoms with Gasteiger partial charge >= 0.3 is 0 Å². The minimum absolute atomic E-state index is 0.148. The zero-order chi connectivity index (χ0) is 12.4. The summed E-state index contributed by atoms with van der Waals surface area (Å²) >= 11 is 3.33. The molecule has 2 rings (SSSR count). The second kappa shape index (κ2) is 5.01. The second-order valence-electron chi connectivity index (χ2n) is 4.17. The van der Waals surface area contributed by atoms with E-state index < -0.39 is 0 Å². The lowest BCUT2D eigenvalue weighted by atomic mass is 10.1. The lowest BCUT2D eigenvalue weighted by Crippen LogP contribution is -2.17. The van der Waals surface area contributed by atoms with Gasteiger partial charge in [0, 0.05) is 24.1 Å². The molecule has 5 nitrogen and oxygen atoms in total. The molecule has 1 unspecified atom stereocenters. The molecule has 0 aromatic carbocycles. The molecule has 0 saturated carbocycles. The van der Waals surface area contributed by atoms with Crippen LogP contribution in [-0.2, 0) is 6.42 Å². The highest BCUT2D eigenvalue weighted by atomic mass is 79.9. The van der Waals surface area contributed by atoms with Gasteiger partial charge in [0.05, 0.1) is 6.26 Å². The quantitative estimate of drug-likeness (QED) is 0.941. The van der Waals surface area contributed by atoms with Gasteiger partial charge in [-0.25, -0.2) is 9.67 Å². The Morgan fingerprint density at radius 2 is 2.29 bits per heavy atom. The summed E-state index contributed by atoms with van der Waals surface area (Å²) in [6, 6.07) is 2.00. The highest BCUT2D eigenvalue weighted by molar-refractivity contribution is 9.10. The monoisotopic (exact) mass is 298 g/mol. The molecule has 0 aliphatic rings. The van der Waals surface area contributed by atoms with E-state index in [1.807, 2.05) is 10.7 Å². The van der Waals surface area contributed by atoms with Gasteiger partial charge in [-0.15, -0.1) is 0 Å². The van der Waals surface area contributed by atoms with Crippen molar-refractivity contribution in [2.75, 3.05) is 0 Å². The van der Waals surface area contributed by atoms with E-state index in [-0.39, 0.29) is 12.1 Å². The number of nitrogens with two attached hydrogens (primary N) is 1. The van der Waals surface area contributed by atoms with Crippen molar-refractivity contribution < 1.29 is 4.42 Å². The van der Waals surface area contributed by atoms with Crippen LogP contribution in [0.4, 0.5) is 0 Å². The number of hydrogen-bond donors (Lipinski definition) is 1. The molecule has 0 bridgehead atoms. The smallest absolute Gasteiger partial charge is 0.173 e. The molecule has 92 valence electrons.